The first-order valence-corrected chi connectivity index (χ1v) is 8.81. The highest BCUT2D eigenvalue weighted by atomic mass is 16.5. The molecule has 1 aromatic rings. The average Bonchev–Trinajstić information content (AvgIpc) is 2.90. The minimum atomic E-state index is -0.0203. The summed E-state index contributed by atoms with van der Waals surface area (Å²) in [5, 5.41) is 10.4. The van der Waals surface area contributed by atoms with Crippen LogP contribution in [0.5, 0.6) is 11.5 Å². The minimum Gasteiger partial charge on any atom is -0.504 e. The number of phenolic OH excluding ortho intramolecular Hbond substituents is 1. The number of piperidine rings is 1. The van der Waals surface area contributed by atoms with E-state index in [1.807, 2.05) is 6.92 Å². The summed E-state index contributed by atoms with van der Waals surface area (Å²) in [6.45, 7) is 3.87. The average molecular weight is 314 g/mol. The van der Waals surface area contributed by atoms with Crippen LogP contribution < -0.4 is 9.64 Å². The van der Waals surface area contributed by atoms with Crippen LogP contribution in [-0.2, 0) is 16.6 Å². The van der Waals surface area contributed by atoms with Crippen molar-refractivity contribution in [2.75, 3.05) is 20.2 Å². The lowest BCUT2D eigenvalue weighted by molar-refractivity contribution is -0.917. The maximum absolute atomic E-state index is 10.4. The number of hydrogen-bond donors (Lipinski definition) is 2. The highest BCUT2D eigenvalue weighted by molar-refractivity contribution is 5.61. The third-order valence-corrected chi connectivity index (χ3v) is 6.64. The van der Waals surface area contributed by atoms with E-state index in [-0.39, 0.29) is 23.4 Å². The van der Waals surface area contributed by atoms with Gasteiger partial charge >= 0.3 is 0 Å². The first-order valence-electron chi connectivity index (χ1n) is 8.81. The van der Waals surface area contributed by atoms with Crippen LogP contribution in [0.1, 0.15) is 24.5 Å². The molecule has 4 aliphatic rings. The van der Waals surface area contributed by atoms with Gasteiger partial charge < -0.3 is 19.5 Å². The zero-order valence-corrected chi connectivity index (χ0v) is 13.7. The van der Waals surface area contributed by atoms with Gasteiger partial charge in [0, 0.05) is 30.9 Å². The number of aromatic hydroxyl groups is 1. The number of likely N-dealkylation sites (tertiary alicyclic amines) is 1. The summed E-state index contributed by atoms with van der Waals surface area (Å²) in [6, 6.07) is 4.50. The predicted molar refractivity (Wildman–Crippen MR) is 86.1 cm³/mol. The van der Waals surface area contributed by atoms with Gasteiger partial charge in [-0.1, -0.05) is 18.2 Å². The monoisotopic (exact) mass is 314 g/mol. The van der Waals surface area contributed by atoms with Crippen LogP contribution in [0.3, 0.4) is 0 Å². The highest BCUT2D eigenvalue weighted by Gasteiger charge is 2.66. The number of quaternary nitrogens is 1. The second-order valence-electron chi connectivity index (χ2n) is 7.51. The molecule has 1 fully saturated rings. The lowest BCUT2D eigenvalue weighted by atomic mass is 9.53. The number of hydrogen-bond acceptors (Lipinski definition) is 3. The van der Waals surface area contributed by atoms with Crippen LogP contribution in [0.2, 0.25) is 0 Å². The summed E-state index contributed by atoms with van der Waals surface area (Å²) in [5.74, 6) is 1.49. The molecule has 4 unspecified atom stereocenters. The molecule has 122 valence electrons. The van der Waals surface area contributed by atoms with E-state index in [9.17, 15) is 5.11 Å². The van der Waals surface area contributed by atoms with E-state index < -0.39 is 0 Å². The Labute approximate surface area is 136 Å². The van der Waals surface area contributed by atoms with E-state index in [1.54, 1.807) is 11.0 Å². The lowest BCUT2D eigenvalue weighted by Gasteiger charge is -2.54. The van der Waals surface area contributed by atoms with E-state index in [0.717, 1.165) is 25.1 Å². The fraction of sp³-hybridized carbons (Fsp3) is 0.579. The summed E-state index contributed by atoms with van der Waals surface area (Å²) in [7, 11) is 2.32. The van der Waals surface area contributed by atoms with Crippen molar-refractivity contribution in [3.8, 4) is 11.5 Å². The Morgan fingerprint density at radius 2 is 2.26 bits per heavy atom. The molecule has 2 aliphatic heterocycles. The van der Waals surface area contributed by atoms with Crippen LogP contribution in [0, 0.1) is 5.92 Å². The summed E-state index contributed by atoms with van der Waals surface area (Å²) in [4.78, 5) is 1.62. The molecule has 23 heavy (non-hydrogen) atoms. The van der Waals surface area contributed by atoms with Crippen molar-refractivity contribution in [2.24, 2.45) is 5.92 Å². The third-order valence-electron chi connectivity index (χ3n) is 6.64. The first-order chi connectivity index (χ1) is 11.2. The number of nitrogens with one attached hydrogen (secondary N) is 1. The summed E-state index contributed by atoms with van der Waals surface area (Å²) in [5.41, 5.74) is 2.64. The Bertz CT molecular complexity index is 700. The van der Waals surface area contributed by atoms with Crippen molar-refractivity contribution >= 4 is 0 Å². The Balaban J connectivity index is 1.76. The van der Waals surface area contributed by atoms with Crippen molar-refractivity contribution < 1.29 is 19.5 Å². The van der Waals surface area contributed by atoms with Gasteiger partial charge in [0.15, 0.2) is 11.5 Å². The maximum Gasteiger partial charge on any atom is 0.165 e. The van der Waals surface area contributed by atoms with Gasteiger partial charge in [-0.15, -0.1) is 0 Å². The van der Waals surface area contributed by atoms with Crippen LogP contribution in [0.15, 0.2) is 24.3 Å². The summed E-state index contributed by atoms with van der Waals surface area (Å²) < 4.78 is 12.4. The van der Waals surface area contributed by atoms with Gasteiger partial charge in [0.1, 0.15) is 12.2 Å². The van der Waals surface area contributed by atoms with E-state index in [0.29, 0.717) is 18.6 Å². The van der Waals surface area contributed by atoms with E-state index in [4.69, 9.17) is 9.47 Å². The SMILES string of the molecule is CCO[C@H]1C=CC2C3Cc4ccc(O)c5c4[C@@]2(CC[NH+]3C)C1O5. The molecule has 2 aliphatic carbocycles. The molecular formula is C19H24NO3+. The number of benzene rings is 1. The number of ether oxygens (including phenoxy) is 2. The molecule has 1 saturated heterocycles. The fourth-order valence-corrected chi connectivity index (χ4v) is 5.70. The third kappa shape index (κ3) is 1.54. The highest BCUT2D eigenvalue weighted by Crippen LogP contribution is 2.60. The van der Waals surface area contributed by atoms with Crippen molar-refractivity contribution in [1.29, 1.82) is 0 Å². The van der Waals surface area contributed by atoms with Gasteiger partial charge in [0.05, 0.1) is 25.0 Å². The van der Waals surface area contributed by atoms with Gasteiger partial charge in [0.2, 0.25) is 0 Å². The molecule has 0 aromatic heterocycles. The van der Waals surface area contributed by atoms with Gasteiger partial charge in [-0.05, 0) is 18.6 Å². The van der Waals surface area contributed by atoms with E-state index in [2.05, 4.69) is 25.3 Å². The smallest absolute Gasteiger partial charge is 0.165 e. The van der Waals surface area contributed by atoms with Crippen molar-refractivity contribution in [3.05, 3.63) is 35.4 Å². The molecule has 1 aromatic carbocycles. The molecule has 0 saturated carbocycles. The molecule has 4 nitrogen and oxygen atoms in total. The first kappa shape index (κ1) is 13.9. The molecule has 2 N–H and O–H groups in total. The van der Waals surface area contributed by atoms with Crippen molar-refractivity contribution in [1.82, 2.24) is 0 Å². The summed E-state index contributed by atoms with van der Waals surface area (Å²) in [6.07, 6.45) is 6.73. The van der Waals surface area contributed by atoms with Gasteiger partial charge in [-0.3, -0.25) is 0 Å². The second-order valence-corrected chi connectivity index (χ2v) is 7.51. The Morgan fingerprint density at radius 1 is 1.39 bits per heavy atom. The van der Waals surface area contributed by atoms with E-state index >= 15 is 0 Å². The lowest BCUT2D eigenvalue weighted by Crippen LogP contribution is -3.16. The predicted octanol–water partition coefficient (Wildman–Crippen LogP) is 0.825. The summed E-state index contributed by atoms with van der Waals surface area (Å²) >= 11 is 0. The fourth-order valence-electron chi connectivity index (χ4n) is 5.70. The Morgan fingerprint density at radius 3 is 3.09 bits per heavy atom. The van der Waals surface area contributed by atoms with Gasteiger partial charge in [-0.25, -0.2) is 0 Å². The van der Waals surface area contributed by atoms with Gasteiger partial charge in [0.25, 0.3) is 0 Å². The molecule has 0 amide bonds. The van der Waals surface area contributed by atoms with E-state index in [1.165, 1.54) is 11.1 Å². The molecule has 2 heterocycles. The van der Waals surface area contributed by atoms with Crippen LogP contribution in [0.4, 0.5) is 0 Å². The zero-order chi connectivity index (χ0) is 15.8. The Kier molecular flexibility index (Phi) is 2.73. The molecule has 0 radical (unpaired) electrons. The number of phenols is 1. The largest absolute Gasteiger partial charge is 0.504 e. The van der Waals surface area contributed by atoms with Crippen LogP contribution >= 0.6 is 0 Å². The maximum atomic E-state index is 10.4. The Hall–Kier alpha value is -1.52. The van der Waals surface area contributed by atoms with Crippen molar-refractivity contribution in [3.63, 3.8) is 0 Å². The number of likely N-dealkylation sites (N-methyl/N-ethyl adjacent to an activating group) is 1. The minimum absolute atomic E-state index is 0.00426. The second kappa shape index (κ2) is 4.52. The zero-order valence-electron chi connectivity index (χ0n) is 13.7. The van der Waals surface area contributed by atoms with Crippen LogP contribution in [0.25, 0.3) is 0 Å². The van der Waals surface area contributed by atoms with Gasteiger partial charge in [-0.2, -0.15) is 0 Å². The van der Waals surface area contributed by atoms with Crippen molar-refractivity contribution in [2.45, 2.75) is 43.4 Å². The topological polar surface area (TPSA) is 43.1 Å². The molecule has 5 rings (SSSR count). The standard InChI is InChI=1S/C19H23NO3/c1-3-22-15-7-5-12-13-10-11-4-6-14(21)17-16(11)19(12,18(15)23-17)8-9-20(13)2/h4-7,12-13,15,18,21H,3,8-10H2,1-2H3/p+1/t12?,13?,15-,18?,19-/m0/s1. The molecule has 2 bridgehead atoms. The molecule has 4 heteroatoms. The molecular weight excluding hydrogens is 290 g/mol. The molecule has 6 atom stereocenters. The number of rotatable bonds is 2. The quantitative estimate of drug-likeness (QED) is 0.795. The molecule has 1 spiro atoms. The normalized spacial score (nSPS) is 42.3. The van der Waals surface area contributed by atoms with Crippen LogP contribution in [-0.4, -0.2) is 43.6 Å².